The van der Waals surface area contributed by atoms with Gasteiger partial charge in [-0.15, -0.1) is 23.2 Å². The van der Waals surface area contributed by atoms with Crippen LogP contribution in [-0.2, 0) is 4.74 Å². The van der Waals surface area contributed by atoms with Crippen molar-refractivity contribution in [1.82, 2.24) is 0 Å². The predicted octanol–water partition coefficient (Wildman–Crippen LogP) is 2.95. The number of nitriles is 1. The topological polar surface area (TPSA) is 50.1 Å². The van der Waals surface area contributed by atoms with E-state index in [0.29, 0.717) is 23.4 Å². The number of nitrogens with zero attached hydrogens (tertiary/aromatic N) is 1. The molecule has 0 N–H and O–H groups in total. The van der Waals surface area contributed by atoms with Crippen molar-refractivity contribution in [1.29, 1.82) is 5.26 Å². The third-order valence-corrected chi connectivity index (χ3v) is 2.96. The lowest BCUT2D eigenvalue weighted by atomic mass is 10.1. The van der Waals surface area contributed by atoms with Crippen LogP contribution in [0.5, 0.6) is 0 Å². The van der Waals surface area contributed by atoms with Gasteiger partial charge in [0.25, 0.3) is 0 Å². The lowest BCUT2D eigenvalue weighted by Crippen LogP contribution is -2.11. The van der Waals surface area contributed by atoms with Gasteiger partial charge in [-0.25, -0.2) is 4.79 Å². The fraction of sp³-hybridized carbons (Fsp3) is 0.333. The molecule has 1 rings (SSSR count). The van der Waals surface area contributed by atoms with E-state index in [9.17, 15) is 4.79 Å². The minimum absolute atomic E-state index is 0.199. The van der Waals surface area contributed by atoms with E-state index in [-0.39, 0.29) is 12.0 Å². The summed E-state index contributed by atoms with van der Waals surface area (Å²) in [5, 5.41) is 8.49. The number of esters is 1. The van der Waals surface area contributed by atoms with Gasteiger partial charge in [0.2, 0.25) is 0 Å². The van der Waals surface area contributed by atoms with E-state index in [1.165, 1.54) is 6.07 Å². The van der Waals surface area contributed by atoms with Gasteiger partial charge < -0.3 is 4.74 Å². The summed E-state index contributed by atoms with van der Waals surface area (Å²) in [7, 11) is 0. The molecule has 3 nitrogen and oxygen atoms in total. The third kappa shape index (κ3) is 4.64. The van der Waals surface area contributed by atoms with Gasteiger partial charge in [0.1, 0.15) is 0 Å². The normalized spacial score (nSPS) is 11.6. The largest absolute Gasteiger partial charge is 0.462 e. The van der Waals surface area contributed by atoms with E-state index in [1.807, 2.05) is 6.07 Å². The first-order chi connectivity index (χ1) is 8.17. The number of rotatable bonds is 5. The van der Waals surface area contributed by atoms with Crippen LogP contribution >= 0.6 is 23.2 Å². The molecule has 0 heterocycles. The molecule has 0 aromatic heterocycles. The average Bonchev–Trinajstić information content (AvgIpc) is 2.38. The molecule has 0 saturated carbocycles. The van der Waals surface area contributed by atoms with Crippen LogP contribution in [0.2, 0.25) is 0 Å². The molecule has 0 aliphatic carbocycles. The number of carbonyl (C=O) groups excluding carboxylic acids is 1. The molecule has 0 aliphatic heterocycles. The Morgan fingerprint density at radius 2 is 2.29 bits per heavy atom. The molecule has 0 aliphatic rings. The first kappa shape index (κ1) is 13.8. The second-order valence-corrected chi connectivity index (χ2v) is 4.29. The molecule has 90 valence electrons. The Labute approximate surface area is 110 Å². The molecule has 5 heteroatoms. The highest BCUT2D eigenvalue weighted by atomic mass is 35.5. The van der Waals surface area contributed by atoms with Crippen molar-refractivity contribution in [3.8, 4) is 6.07 Å². The van der Waals surface area contributed by atoms with Crippen molar-refractivity contribution in [2.24, 2.45) is 0 Å². The van der Waals surface area contributed by atoms with Crippen molar-refractivity contribution in [2.45, 2.75) is 11.8 Å². The van der Waals surface area contributed by atoms with Crippen LogP contribution in [-0.4, -0.2) is 23.8 Å². The first-order valence-electron chi connectivity index (χ1n) is 5.04. The minimum atomic E-state index is -0.458. The number of carbonyl (C=O) groups is 1. The van der Waals surface area contributed by atoms with Crippen molar-refractivity contribution in [3.63, 3.8) is 0 Å². The van der Waals surface area contributed by atoms with E-state index >= 15 is 0 Å². The van der Waals surface area contributed by atoms with Crippen LogP contribution < -0.4 is 0 Å². The summed E-state index contributed by atoms with van der Waals surface area (Å²) in [4.78, 5) is 11.6. The molecule has 1 unspecified atom stereocenters. The first-order valence-corrected chi connectivity index (χ1v) is 6.01. The zero-order chi connectivity index (χ0) is 12.7. The average molecular weight is 272 g/mol. The Balaban J connectivity index is 2.50. The van der Waals surface area contributed by atoms with Crippen LogP contribution in [0, 0.1) is 11.3 Å². The highest BCUT2D eigenvalue weighted by Crippen LogP contribution is 2.08. The molecular formula is C12H11Cl2NO2. The van der Waals surface area contributed by atoms with Gasteiger partial charge in [0.05, 0.1) is 29.2 Å². The van der Waals surface area contributed by atoms with Crippen LogP contribution in [0.25, 0.3) is 0 Å². The number of benzene rings is 1. The molecule has 1 aromatic rings. The highest BCUT2D eigenvalue weighted by molar-refractivity contribution is 6.28. The lowest BCUT2D eigenvalue weighted by Gasteiger charge is -2.07. The molecule has 0 bridgehead atoms. The summed E-state index contributed by atoms with van der Waals surface area (Å²) >= 11 is 11.3. The summed E-state index contributed by atoms with van der Waals surface area (Å²) in [6.45, 7) is 0.219. The number of hydrogen-bond acceptors (Lipinski definition) is 3. The molecule has 0 fully saturated rings. The van der Waals surface area contributed by atoms with Crippen LogP contribution in [0.15, 0.2) is 24.3 Å². The molecule has 0 saturated heterocycles. The fourth-order valence-electron chi connectivity index (χ4n) is 1.16. The maximum Gasteiger partial charge on any atom is 0.338 e. The van der Waals surface area contributed by atoms with E-state index in [4.69, 9.17) is 33.2 Å². The number of ether oxygens (including phenoxy) is 1. The van der Waals surface area contributed by atoms with Gasteiger partial charge in [-0.05, 0) is 24.6 Å². The van der Waals surface area contributed by atoms with Gasteiger partial charge in [0, 0.05) is 5.88 Å². The number of halogens is 2. The van der Waals surface area contributed by atoms with Gasteiger partial charge >= 0.3 is 5.97 Å². The predicted molar refractivity (Wildman–Crippen MR) is 66.4 cm³/mol. The smallest absolute Gasteiger partial charge is 0.338 e. The Bertz CT molecular complexity index is 429. The van der Waals surface area contributed by atoms with Gasteiger partial charge in [-0.1, -0.05) is 6.07 Å². The number of hydrogen-bond donors (Lipinski definition) is 0. The Morgan fingerprint density at radius 1 is 1.53 bits per heavy atom. The number of alkyl halides is 2. The molecule has 17 heavy (non-hydrogen) atoms. The van der Waals surface area contributed by atoms with Crippen molar-refractivity contribution in [2.75, 3.05) is 12.5 Å². The van der Waals surface area contributed by atoms with E-state index in [1.54, 1.807) is 18.2 Å². The summed E-state index contributed by atoms with van der Waals surface area (Å²) < 4.78 is 5.01. The van der Waals surface area contributed by atoms with Crippen molar-refractivity contribution in [3.05, 3.63) is 35.4 Å². The zero-order valence-corrected chi connectivity index (χ0v) is 10.5. The maximum atomic E-state index is 11.6. The summed E-state index contributed by atoms with van der Waals surface area (Å²) in [6.07, 6.45) is 0.509. The van der Waals surface area contributed by atoms with Crippen molar-refractivity contribution >= 4 is 29.2 Å². The molecule has 0 amide bonds. The van der Waals surface area contributed by atoms with Crippen LogP contribution in [0.4, 0.5) is 0 Å². The summed E-state index contributed by atoms with van der Waals surface area (Å²) in [5.74, 6) is -0.135. The minimum Gasteiger partial charge on any atom is -0.462 e. The highest BCUT2D eigenvalue weighted by Gasteiger charge is 2.09. The van der Waals surface area contributed by atoms with Crippen molar-refractivity contribution < 1.29 is 9.53 Å². The monoisotopic (exact) mass is 271 g/mol. The van der Waals surface area contributed by atoms with E-state index < -0.39 is 5.97 Å². The summed E-state index contributed by atoms with van der Waals surface area (Å²) in [5.41, 5.74) is 0.788. The quantitative estimate of drug-likeness (QED) is 0.611. The molecular weight excluding hydrogens is 261 g/mol. The van der Waals surface area contributed by atoms with Gasteiger partial charge in [-0.2, -0.15) is 5.26 Å². The Kier molecular flexibility index (Phi) is 5.82. The van der Waals surface area contributed by atoms with Gasteiger partial charge in [0.15, 0.2) is 0 Å². The molecule has 0 radical (unpaired) electrons. The van der Waals surface area contributed by atoms with Gasteiger partial charge in [-0.3, -0.25) is 0 Å². The fourth-order valence-corrected chi connectivity index (χ4v) is 1.40. The van der Waals surface area contributed by atoms with E-state index in [0.717, 1.165) is 0 Å². The van der Waals surface area contributed by atoms with Crippen LogP contribution in [0.3, 0.4) is 0 Å². The third-order valence-electron chi connectivity index (χ3n) is 2.06. The maximum absolute atomic E-state index is 11.6. The standard InChI is InChI=1S/C12H11Cl2NO2/c13-7-11(14)4-5-17-12(16)10-3-1-2-9(6-10)8-15/h1-3,6,11H,4-5,7H2. The molecule has 1 atom stereocenters. The van der Waals surface area contributed by atoms with Crippen LogP contribution in [0.1, 0.15) is 22.3 Å². The molecule has 1 aromatic carbocycles. The van der Waals surface area contributed by atoms with E-state index in [2.05, 4.69) is 0 Å². The lowest BCUT2D eigenvalue weighted by molar-refractivity contribution is 0.0501. The SMILES string of the molecule is N#Cc1cccc(C(=O)OCCC(Cl)CCl)c1. The molecule has 0 spiro atoms. The second kappa shape index (κ2) is 7.16. The Hall–Kier alpha value is -1.24. The second-order valence-electron chi connectivity index (χ2n) is 3.37. The summed E-state index contributed by atoms with van der Waals surface area (Å²) in [6, 6.07) is 8.31. The Morgan fingerprint density at radius 3 is 2.94 bits per heavy atom. The zero-order valence-electron chi connectivity index (χ0n) is 9.03.